The Bertz CT molecular complexity index is 887. The number of nitrogens with zero attached hydrogens (tertiary/aromatic N) is 1. The van der Waals surface area contributed by atoms with Crippen molar-refractivity contribution in [1.82, 2.24) is 14.9 Å². The molecule has 1 aliphatic heterocycles. The predicted molar refractivity (Wildman–Crippen MR) is 114 cm³/mol. The van der Waals surface area contributed by atoms with Crippen molar-refractivity contribution in [3.05, 3.63) is 29.6 Å². The normalized spacial score (nSPS) is 17.4. The first kappa shape index (κ1) is 23.5. The third-order valence-electron chi connectivity index (χ3n) is 5.54. The van der Waals surface area contributed by atoms with Crippen LogP contribution in [0.25, 0.3) is 0 Å². The number of rotatable bonds is 12. The zero-order valence-electron chi connectivity index (χ0n) is 17.6. The summed E-state index contributed by atoms with van der Waals surface area (Å²) in [6.07, 6.45) is 6.31. The highest BCUT2D eigenvalue weighted by Crippen LogP contribution is 2.27. The maximum atomic E-state index is 14.0. The van der Waals surface area contributed by atoms with Gasteiger partial charge in [0.25, 0.3) is 0 Å². The Hall–Kier alpha value is -2.20. The Kier molecular flexibility index (Phi) is 8.25. The summed E-state index contributed by atoms with van der Waals surface area (Å²) in [6, 6.07) is 4.27. The van der Waals surface area contributed by atoms with Gasteiger partial charge in [0.05, 0.1) is 11.9 Å². The van der Waals surface area contributed by atoms with E-state index in [1.165, 1.54) is 11.0 Å². The number of imide groups is 1. The number of amides is 3. The molecule has 0 bridgehead atoms. The lowest BCUT2D eigenvalue weighted by Crippen LogP contribution is -2.29. The van der Waals surface area contributed by atoms with Crippen LogP contribution < -0.4 is 14.8 Å². The van der Waals surface area contributed by atoms with E-state index < -0.39 is 21.9 Å². The van der Waals surface area contributed by atoms with Gasteiger partial charge in [0.2, 0.25) is 15.9 Å². The minimum Gasteiger partial charge on any atom is -0.487 e. The lowest BCUT2D eigenvalue weighted by atomic mass is 10.1. The van der Waals surface area contributed by atoms with E-state index >= 15 is 0 Å². The highest BCUT2D eigenvalue weighted by Gasteiger charge is 2.25. The van der Waals surface area contributed by atoms with Gasteiger partial charge in [-0.15, -0.1) is 0 Å². The monoisotopic (exact) mass is 455 g/mol. The molecule has 2 N–H and O–H groups in total. The van der Waals surface area contributed by atoms with Crippen LogP contribution in [0.15, 0.2) is 18.2 Å². The van der Waals surface area contributed by atoms with Crippen LogP contribution in [-0.2, 0) is 21.2 Å². The van der Waals surface area contributed by atoms with Gasteiger partial charge in [-0.1, -0.05) is 12.5 Å². The van der Waals surface area contributed by atoms with Crippen molar-refractivity contribution >= 4 is 22.0 Å². The fraction of sp³-hybridized carbons (Fsp3) is 0.619. The molecule has 8 nitrogen and oxygen atoms in total. The molecule has 1 aliphatic carbocycles. The number of benzene rings is 1. The fourth-order valence-electron chi connectivity index (χ4n) is 3.84. The van der Waals surface area contributed by atoms with Crippen molar-refractivity contribution in [2.45, 2.75) is 57.5 Å². The Morgan fingerprint density at radius 3 is 2.65 bits per heavy atom. The molecule has 3 amide bonds. The van der Waals surface area contributed by atoms with Gasteiger partial charge in [0.15, 0.2) is 11.6 Å². The van der Waals surface area contributed by atoms with E-state index in [2.05, 4.69) is 10.0 Å². The molecule has 2 fully saturated rings. The van der Waals surface area contributed by atoms with Crippen molar-refractivity contribution < 1.29 is 27.1 Å². The molecule has 31 heavy (non-hydrogen) atoms. The van der Waals surface area contributed by atoms with Gasteiger partial charge < -0.3 is 9.64 Å². The summed E-state index contributed by atoms with van der Waals surface area (Å²) < 4.78 is 46.7. The molecule has 0 atom stereocenters. The summed E-state index contributed by atoms with van der Waals surface area (Å²) in [6.45, 7) is 0.725. The second-order valence-electron chi connectivity index (χ2n) is 8.09. The molecule has 1 heterocycles. The largest absolute Gasteiger partial charge is 0.487 e. The van der Waals surface area contributed by atoms with Crippen LogP contribution in [0.1, 0.15) is 50.5 Å². The fourth-order valence-corrected chi connectivity index (χ4v) is 4.98. The van der Waals surface area contributed by atoms with Gasteiger partial charge in [-0.3, -0.25) is 10.1 Å². The van der Waals surface area contributed by atoms with Gasteiger partial charge >= 0.3 is 6.03 Å². The summed E-state index contributed by atoms with van der Waals surface area (Å²) in [5.74, 6) is -0.472. The Morgan fingerprint density at radius 2 is 1.94 bits per heavy atom. The number of carbonyl (C=O) groups excluding carboxylic acids is 2. The zero-order valence-corrected chi connectivity index (χ0v) is 18.4. The minimum absolute atomic E-state index is 0.00239. The quantitative estimate of drug-likeness (QED) is 0.372. The van der Waals surface area contributed by atoms with Gasteiger partial charge in [-0.25, -0.2) is 22.3 Å². The van der Waals surface area contributed by atoms with E-state index in [-0.39, 0.29) is 36.6 Å². The second-order valence-corrected chi connectivity index (χ2v) is 10.0. The summed E-state index contributed by atoms with van der Waals surface area (Å²) in [4.78, 5) is 24.0. The highest BCUT2D eigenvalue weighted by molar-refractivity contribution is 7.89. The van der Waals surface area contributed by atoms with Gasteiger partial charge in [0, 0.05) is 13.1 Å². The number of hydrogen-bond donors (Lipinski definition) is 2. The lowest BCUT2D eigenvalue weighted by Gasteiger charge is -2.15. The number of ether oxygens (including phenoxy) is 1. The van der Waals surface area contributed by atoms with Gasteiger partial charge in [0.1, 0.15) is 6.54 Å². The van der Waals surface area contributed by atoms with E-state index in [0.29, 0.717) is 32.2 Å². The summed E-state index contributed by atoms with van der Waals surface area (Å²) in [7, 11) is -3.41. The number of urea groups is 1. The molecule has 1 saturated heterocycles. The topological polar surface area (TPSA) is 105 Å². The van der Waals surface area contributed by atoms with Crippen molar-refractivity contribution in [2.24, 2.45) is 0 Å². The van der Waals surface area contributed by atoms with Crippen LogP contribution in [0.4, 0.5) is 9.18 Å². The molecule has 2 aliphatic rings. The first-order chi connectivity index (χ1) is 14.8. The Labute approximate surface area is 182 Å². The van der Waals surface area contributed by atoms with Crippen molar-refractivity contribution in [3.63, 3.8) is 0 Å². The molecule has 1 aromatic carbocycles. The number of halogens is 1. The molecule has 1 aromatic rings. The molecular formula is C21H30FN3O5S. The third-order valence-corrected chi connectivity index (χ3v) is 7.01. The van der Waals surface area contributed by atoms with Crippen LogP contribution in [-0.4, -0.2) is 56.7 Å². The zero-order chi connectivity index (χ0) is 22.3. The van der Waals surface area contributed by atoms with E-state index in [1.807, 2.05) is 0 Å². The van der Waals surface area contributed by atoms with Gasteiger partial charge in [-0.2, -0.15) is 0 Å². The average Bonchev–Trinajstić information content (AvgIpc) is 3.33. The highest BCUT2D eigenvalue weighted by atomic mass is 32.2. The summed E-state index contributed by atoms with van der Waals surface area (Å²) in [5, 5.41) is 2.21. The van der Waals surface area contributed by atoms with Crippen LogP contribution in [0.3, 0.4) is 0 Å². The number of sulfonamides is 1. The maximum absolute atomic E-state index is 14.0. The second kappa shape index (κ2) is 10.9. The third kappa shape index (κ3) is 7.46. The maximum Gasteiger partial charge on any atom is 0.324 e. The van der Waals surface area contributed by atoms with Crippen LogP contribution >= 0.6 is 0 Å². The Morgan fingerprint density at radius 1 is 1.16 bits per heavy atom. The molecule has 0 aromatic heterocycles. The van der Waals surface area contributed by atoms with Gasteiger partial charge in [-0.05, 0) is 62.6 Å². The number of carbonyl (C=O) groups is 2. The molecule has 0 spiro atoms. The van der Waals surface area contributed by atoms with E-state index in [0.717, 1.165) is 31.2 Å². The van der Waals surface area contributed by atoms with Crippen LogP contribution in [0.2, 0.25) is 0 Å². The summed E-state index contributed by atoms with van der Waals surface area (Å²) >= 11 is 0. The van der Waals surface area contributed by atoms with E-state index in [4.69, 9.17) is 4.74 Å². The molecule has 0 radical (unpaired) electrons. The number of hydrogen-bond acceptors (Lipinski definition) is 5. The summed E-state index contributed by atoms with van der Waals surface area (Å²) in [5.41, 5.74) is 0.815. The van der Waals surface area contributed by atoms with E-state index in [1.54, 1.807) is 12.1 Å². The molecule has 10 heteroatoms. The molecular weight excluding hydrogens is 425 g/mol. The smallest absolute Gasteiger partial charge is 0.324 e. The number of nitrogens with one attached hydrogen (secondary N) is 2. The van der Waals surface area contributed by atoms with Crippen LogP contribution in [0.5, 0.6) is 5.75 Å². The molecule has 172 valence electrons. The minimum atomic E-state index is -3.41. The SMILES string of the molecule is O=C1CN(CCCCCS(=O)(=O)NCCc2ccc(F)c(OC3CCCC3)c2)C(=O)N1. The molecule has 1 saturated carbocycles. The molecule has 0 unspecified atom stereocenters. The van der Waals surface area contributed by atoms with E-state index in [9.17, 15) is 22.4 Å². The predicted octanol–water partition coefficient (Wildman–Crippen LogP) is 2.33. The van der Waals surface area contributed by atoms with Crippen molar-refractivity contribution in [3.8, 4) is 5.75 Å². The number of unbranched alkanes of at least 4 members (excludes halogenated alkanes) is 2. The lowest BCUT2D eigenvalue weighted by molar-refractivity contribution is -0.118. The van der Waals surface area contributed by atoms with Crippen LogP contribution in [0, 0.1) is 5.82 Å². The standard InChI is InChI=1S/C21H30FN3O5S/c22-18-9-8-16(14-19(18)30-17-6-2-3-7-17)10-11-23-31(28,29)13-5-1-4-12-25-15-20(26)24-21(25)27/h8-9,14,17,23H,1-7,10-13,15H2,(H,24,26,27). The Balaban J connectivity index is 1.34. The van der Waals surface area contributed by atoms with Crippen molar-refractivity contribution in [1.29, 1.82) is 0 Å². The molecule has 3 rings (SSSR count). The van der Waals surface area contributed by atoms with Crippen molar-refractivity contribution in [2.75, 3.05) is 25.4 Å². The average molecular weight is 456 g/mol. The first-order valence-electron chi connectivity index (χ1n) is 10.8. The first-order valence-corrected chi connectivity index (χ1v) is 12.5.